The van der Waals surface area contributed by atoms with E-state index in [0.29, 0.717) is 18.9 Å². The summed E-state index contributed by atoms with van der Waals surface area (Å²) < 4.78 is 5.54. The van der Waals surface area contributed by atoms with E-state index in [0.717, 1.165) is 68.8 Å². The van der Waals surface area contributed by atoms with Crippen LogP contribution in [0.15, 0.2) is 29.3 Å². The molecule has 0 spiro atoms. The number of ether oxygens (including phenoxy) is 1. The number of guanidine groups is 1. The number of morpholine rings is 1. The molecule has 2 atom stereocenters. The zero-order chi connectivity index (χ0) is 20.6. The quantitative estimate of drug-likeness (QED) is 0.324. The SMILES string of the molecule is CN=C(NCC(c1ccccc1Cl)N1CCOCC1)N1CCCC(CC(N)=O)C1.I. The summed E-state index contributed by atoms with van der Waals surface area (Å²) in [5.41, 5.74) is 6.52. The van der Waals surface area contributed by atoms with Crippen LogP contribution in [0.2, 0.25) is 5.02 Å². The highest BCUT2D eigenvalue weighted by molar-refractivity contribution is 14.0. The number of piperidine rings is 1. The number of carbonyl (C=O) groups is 1. The summed E-state index contributed by atoms with van der Waals surface area (Å²) in [6.45, 7) is 5.65. The number of aliphatic imine (C=N–C) groups is 1. The molecule has 0 aliphatic carbocycles. The molecule has 2 fully saturated rings. The van der Waals surface area contributed by atoms with Gasteiger partial charge in [-0.1, -0.05) is 29.8 Å². The number of nitrogens with two attached hydrogens (primary N) is 1. The van der Waals surface area contributed by atoms with Crippen LogP contribution in [0.1, 0.15) is 30.9 Å². The molecule has 1 aromatic carbocycles. The van der Waals surface area contributed by atoms with Crippen molar-refractivity contribution in [3.8, 4) is 0 Å². The normalized spacial score (nSPS) is 21.6. The van der Waals surface area contributed by atoms with E-state index in [4.69, 9.17) is 22.1 Å². The Morgan fingerprint density at radius 2 is 2.07 bits per heavy atom. The van der Waals surface area contributed by atoms with Crippen LogP contribution in [-0.4, -0.2) is 74.7 Å². The standard InChI is InChI=1S/C21H32ClN5O2.HI/c1-24-21(27-8-4-5-16(15-27)13-20(23)28)25-14-19(26-9-11-29-12-10-26)17-6-2-3-7-18(17)22;/h2-3,6-7,16,19H,4-5,8-15H2,1H3,(H2,23,28)(H,24,25);1H. The van der Waals surface area contributed by atoms with Gasteiger partial charge in [0.2, 0.25) is 5.91 Å². The first kappa shape index (κ1) is 25.2. The molecule has 1 aromatic rings. The molecule has 30 heavy (non-hydrogen) atoms. The topological polar surface area (TPSA) is 83.2 Å². The Labute approximate surface area is 201 Å². The molecule has 0 bridgehead atoms. The van der Waals surface area contributed by atoms with Gasteiger partial charge >= 0.3 is 0 Å². The number of amides is 1. The number of hydrogen-bond acceptors (Lipinski definition) is 4. The van der Waals surface area contributed by atoms with Crippen molar-refractivity contribution in [3.63, 3.8) is 0 Å². The smallest absolute Gasteiger partial charge is 0.217 e. The van der Waals surface area contributed by atoms with Gasteiger partial charge in [0.05, 0.1) is 19.3 Å². The van der Waals surface area contributed by atoms with Crippen LogP contribution in [0.25, 0.3) is 0 Å². The van der Waals surface area contributed by atoms with Gasteiger partial charge in [-0.05, 0) is 30.4 Å². The molecule has 2 saturated heterocycles. The fraction of sp³-hybridized carbons (Fsp3) is 0.619. The van der Waals surface area contributed by atoms with Crippen LogP contribution in [0.3, 0.4) is 0 Å². The van der Waals surface area contributed by atoms with Crippen molar-refractivity contribution in [3.05, 3.63) is 34.9 Å². The average Bonchev–Trinajstić information content (AvgIpc) is 2.72. The number of primary amides is 1. The van der Waals surface area contributed by atoms with Gasteiger partial charge in [-0.2, -0.15) is 0 Å². The highest BCUT2D eigenvalue weighted by Gasteiger charge is 2.27. The summed E-state index contributed by atoms with van der Waals surface area (Å²) in [6, 6.07) is 8.16. The van der Waals surface area contributed by atoms with Crippen LogP contribution >= 0.6 is 35.6 Å². The van der Waals surface area contributed by atoms with Gasteiger partial charge in [-0.3, -0.25) is 14.7 Å². The predicted molar refractivity (Wildman–Crippen MR) is 131 cm³/mol. The Balaban J connectivity index is 0.00000320. The summed E-state index contributed by atoms with van der Waals surface area (Å²) in [5.74, 6) is 0.925. The Hall–Kier alpha value is -1.10. The lowest BCUT2D eigenvalue weighted by atomic mass is 9.95. The molecule has 168 valence electrons. The average molecular weight is 550 g/mol. The van der Waals surface area contributed by atoms with E-state index in [1.54, 1.807) is 7.05 Å². The third kappa shape index (κ3) is 6.96. The second-order valence-corrected chi connectivity index (χ2v) is 8.15. The largest absolute Gasteiger partial charge is 0.379 e. The lowest BCUT2D eigenvalue weighted by Crippen LogP contribution is -2.50. The van der Waals surface area contributed by atoms with E-state index in [-0.39, 0.29) is 35.9 Å². The first-order valence-corrected chi connectivity index (χ1v) is 10.8. The van der Waals surface area contributed by atoms with Crippen molar-refractivity contribution in [2.75, 3.05) is 53.0 Å². The molecule has 1 amide bonds. The van der Waals surface area contributed by atoms with Crippen LogP contribution in [0, 0.1) is 5.92 Å². The van der Waals surface area contributed by atoms with Crippen molar-refractivity contribution >= 4 is 47.4 Å². The maximum absolute atomic E-state index is 11.3. The van der Waals surface area contributed by atoms with Gasteiger partial charge in [0, 0.05) is 51.2 Å². The number of nitrogens with zero attached hydrogens (tertiary/aromatic N) is 3. The molecule has 0 radical (unpaired) electrons. The fourth-order valence-corrected chi connectivity index (χ4v) is 4.56. The van der Waals surface area contributed by atoms with Gasteiger partial charge in [-0.25, -0.2) is 0 Å². The lowest BCUT2D eigenvalue weighted by molar-refractivity contribution is -0.119. The Bertz CT molecular complexity index is 714. The van der Waals surface area contributed by atoms with Crippen molar-refractivity contribution in [1.82, 2.24) is 15.1 Å². The van der Waals surface area contributed by atoms with Crippen molar-refractivity contribution in [2.45, 2.75) is 25.3 Å². The van der Waals surface area contributed by atoms with Crippen molar-refractivity contribution in [2.24, 2.45) is 16.6 Å². The van der Waals surface area contributed by atoms with Gasteiger partial charge in [0.25, 0.3) is 0 Å². The molecular formula is C21H33ClIN5O2. The molecule has 2 unspecified atom stereocenters. The minimum absolute atomic E-state index is 0. The molecule has 2 aliphatic rings. The zero-order valence-electron chi connectivity index (χ0n) is 17.6. The summed E-state index contributed by atoms with van der Waals surface area (Å²) in [5, 5.41) is 4.33. The van der Waals surface area contributed by atoms with E-state index in [2.05, 4.69) is 26.2 Å². The van der Waals surface area contributed by atoms with Crippen molar-refractivity contribution < 1.29 is 9.53 Å². The maximum atomic E-state index is 11.3. The number of likely N-dealkylation sites (tertiary alicyclic amines) is 1. The minimum Gasteiger partial charge on any atom is -0.379 e. The maximum Gasteiger partial charge on any atom is 0.217 e. The summed E-state index contributed by atoms with van der Waals surface area (Å²) >= 11 is 6.53. The third-order valence-electron chi connectivity index (χ3n) is 5.72. The molecule has 0 aromatic heterocycles. The lowest BCUT2D eigenvalue weighted by Gasteiger charge is -2.38. The van der Waals surface area contributed by atoms with Crippen molar-refractivity contribution in [1.29, 1.82) is 0 Å². The molecule has 2 aliphatic heterocycles. The van der Waals surface area contributed by atoms with E-state index in [1.165, 1.54) is 0 Å². The molecule has 2 heterocycles. The number of hydrogen-bond donors (Lipinski definition) is 2. The molecule has 3 rings (SSSR count). The minimum atomic E-state index is -0.231. The third-order valence-corrected chi connectivity index (χ3v) is 6.07. The molecule has 3 N–H and O–H groups in total. The zero-order valence-corrected chi connectivity index (χ0v) is 20.6. The monoisotopic (exact) mass is 549 g/mol. The van der Waals surface area contributed by atoms with E-state index in [9.17, 15) is 4.79 Å². The number of nitrogens with one attached hydrogen (secondary N) is 1. The first-order chi connectivity index (χ1) is 14.1. The van der Waals surface area contributed by atoms with Gasteiger partial charge in [-0.15, -0.1) is 24.0 Å². The molecule has 0 saturated carbocycles. The first-order valence-electron chi connectivity index (χ1n) is 10.4. The Kier molecular flexibility index (Phi) is 10.6. The van der Waals surface area contributed by atoms with Crippen LogP contribution in [0.5, 0.6) is 0 Å². The number of rotatable bonds is 6. The fourth-order valence-electron chi connectivity index (χ4n) is 4.30. The molecular weight excluding hydrogens is 517 g/mol. The van der Waals surface area contributed by atoms with Crippen LogP contribution in [0.4, 0.5) is 0 Å². The van der Waals surface area contributed by atoms with Gasteiger partial charge < -0.3 is 20.7 Å². The Morgan fingerprint density at radius 1 is 1.33 bits per heavy atom. The highest BCUT2D eigenvalue weighted by Crippen LogP contribution is 2.28. The second-order valence-electron chi connectivity index (χ2n) is 7.74. The highest BCUT2D eigenvalue weighted by atomic mass is 127. The predicted octanol–water partition coefficient (Wildman–Crippen LogP) is 2.49. The summed E-state index contributed by atoms with van der Waals surface area (Å²) in [6.07, 6.45) is 2.51. The van der Waals surface area contributed by atoms with E-state index < -0.39 is 0 Å². The van der Waals surface area contributed by atoms with Crippen LogP contribution < -0.4 is 11.1 Å². The van der Waals surface area contributed by atoms with Crippen LogP contribution in [-0.2, 0) is 9.53 Å². The summed E-state index contributed by atoms with van der Waals surface area (Å²) in [7, 11) is 1.80. The molecule has 9 heteroatoms. The number of carbonyl (C=O) groups excluding carboxylic acids is 1. The molecule has 7 nitrogen and oxygen atoms in total. The number of benzene rings is 1. The van der Waals surface area contributed by atoms with Gasteiger partial charge in [0.15, 0.2) is 5.96 Å². The summed E-state index contributed by atoms with van der Waals surface area (Å²) in [4.78, 5) is 20.5. The van der Waals surface area contributed by atoms with Gasteiger partial charge in [0.1, 0.15) is 0 Å². The van der Waals surface area contributed by atoms with E-state index >= 15 is 0 Å². The number of halogens is 2. The second kappa shape index (κ2) is 12.7. The van der Waals surface area contributed by atoms with E-state index in [1.807, 2.05) is 18.2 Å². The Morgan fingerprint density at radius 3 is 2.73 bits per heavy atom.